The van der Waals surface area contributed by atoms with Crippen LogP contribution in [-0.2, 0) is 26.2 Å². The maximum atomic E-state index is 13.9. The van der Waals surface area contributed by atoms with Gasteiger partial charge in [0.2, 0.25) is 11.8 Å². The SMILES string of the molecule is CCCCNC(=O)[C@H](C)N(Cc1ccc(OC)cc1)C(=O)CN(c1ccc(Cl)c(Cl)c1)S(=O)(=O)c1ccccc1. The molecular weight excluding hydrogens is 573 g/mol. The minimum atomic E-state index is -4.19. The van der Waals surface area contributed by atoms with E-state index in [0.717, 1.165) is 22.7 Å². The third-order valence-corrected chi connectivity index (χ3v) is 8.84. The Hall–Kier alpha value is -3.27. The number of amides is 2. The molecule has 0 aliphatic heterocycles. The summed E-state index contributed by atoms with van der Waals surface area (Å²) in [5, 5.41) is 3.24. The number of benzene rings is 3. The Balaban J connectivity index is 2.00. The van der Waals surface area contributed by atoms with Gasteiger partial charge in [0, 0.05) is 13.1 Å². The molecule has 0 aliphatic carbocycles. The first-order valence-corrected chi connectivity index (χ1v) is 15.0. The van der Waals surface area contributed by atoms with Crippen molar-refractivity contribution in [2.24, 2.45) is 0 Å². The summed E-state index contributed by atoms with van der Waals surface area (Å²) < 4.78 is 33.8. The average Bonchev–Trinajstić information content (AvgIpc) is 2.96. The Morgan fingerprint density at radius 2 is 1.65 bits per heavy atom. The second kappa shape index (κ2) is 14.4. The molecule has 0 fully saturated rings. The summed E-state index contributed by atoms with van der Waals surface area (Å²) in [6.45, 7) is 3.61. The molecule has 1 atom stereocenters. The summed E-state index contributed by atoms with van der Waals surface area (Å²) in [7, 11) is -2.64. The van der Waals surface area contributed by atoms with E-state index in [1.807, 2.05) is 6.92 Å². The first-order valence-electron chi connectivity index (χ1n) is 12.8. The largest absolute Gasteiger partial charge is 0.497 e. The van der Waals surface area contributed by atoms with Gasteiger partial charge in [-0.25, -0.2) is 8.42 Å². The molecule has 0 unspecified atom stereocenters. The van der Waals surface area contributed by atoms with Crippen molar-refractivity contribution in [2.45, 2.75) is 44.2 Å². The van der Waals surface area contributed by atoms with Gasteiger partial charge in [0.15, 0.2) is 0 Å². The van der Waals surface area contributed by atoms with Gasteiger partial charge in [-0.1, -0.05) is 66.9 Å². The van der Waals surface area contributed by atoms with E-state index < -0.39 is 28.5 Å². The molecule has 214 valence electrons. The van der Waals surface area contributed by atoms with Gasteiger partial charge in [0.25, 0.3) is 10.0 Å². The van der Waals surface area contributed by atoms with Crippen molar-refractivity contribution in [2.75, 3.05) is 24.5 Å². The van der Waals surface area contributed by atoms with Crippen molar-refractivity contribution in [1.82, 2.24) is 10.2 Å². The number of sulfonamides is 1. The molecule has 0 bridgehead atoms. The molecular formula is C29H33Cl2N3O5S. The van der Waals surface area contributed by atoms with Crippen molar-refractivity contribution in [3.05, 3.63) is 88.4 Å². The number of anilines is 1. The summed E-state index contributed by atoms with van der Waals surface area (Å²) in [4.78, 5) is 28.3. The second-order valence-corrected chi connectivity index (χ2v) is 11.8. The van der Waals surface area contributed by atoms with E-state index in [0.29, 0.717) is 12.3 Å². The molecule has 0 aromatic heterocycles. The molecule has 0 radical (unpaired) electrons. The number of unbranched alkanes of at least 4 members (excludes halogenated alkanes) is 1. The van der Waals surface area contributed by atoms with E-state index in [2.05, 4.69) is 5.32 Å². The van der Waals surface area contributed by atoms with Gasteiger partial charge in [-0.05, 0) is 61.4 Å². The predicted octanol–water partition coefficient (Wildman–Crippen LogP) is 5.53. The van der Waals surface area contributed by atoms with Crippen LogP contribution in [0.25, 0.3) is 0 Å². The highest BCUT2D eigenvalue weighted by atomic mass is 35.5. The molecule has 2 amide bonds. The van der Waals surface area contributed by atoms with Gasteiger partial charge in [-0.2, -0.15) is 0 Å². The van der Waals surface area contributed by atoms with Crippen molar-refractivity contribution in [3.63, 3.8) is 0 Å². The minimum absolute atomic E-state index is 0.000865. The van der Waals surface area contributed by atoms with E-state index in [4.69, 9.17) is 27.9 Å². The van der Waals surface area contributed by atoms with E-state index in [9.17, 15) is 18.0 Å². The molecule has 3 aromatic carbocycles. The molecule has 11 heteroatoms. The summed E-state index contributed by atoms with van der Waals surface area (Å²) in [5.74, 6) is -0.256. The smallest absolute Gasteiger partial charge is 0.264 e. The van der Waals surface area contributed by atoms with Crippen LogP contribution in [0.15, 0.2) is 77.7 Å². The maximum absolute atomic E-state index is 13.9. The fourth-order valence-corrected chi connectivity index (χ4v) is 5.65. The normalized spacial score (nSPS) is 11.9. The lowest BCUT2D eigenvalue weighted by atomic mass is 10.1. The summed E-state index contributed by atoms with van der Waals surface area (Å²) in [6, 6.07) is 18.4. The highest BCUT2D eigenvalue weighted by Gasteiger charge is 2.32. The third kappa shape index (κ3) is 7.90. The maximum Gasteiger partial charge on any atom is 0.264 e. The molecule has 0 heterocycles. The van der Waals surface area contributed by atoms with Crippen LogP contribution in [0.3, 0.4) is 0 Å². The standard InChI is InChI=1S/C29H33Cl2N3O5S/c1-4-5-17-32-29(36)21(2)33(19-22-11-14-24(39-3)15-12-22)28(35)20-34(23-13-16-26(30)27(31)18-23)40(37,38)25-9-7-6-8-10-25/h6-16,18,21H,4-5,17,19-20H2,1-3H3,(H,32,36)/t21-/m0/s1. The summed E-state index contributed by atoms with van der Waals surface area (Å²) in [6.07, 6.45) is 1.70. The summed E-state index contributed by atoms with van der Waals surface area (Å²) in [5.41, 5.74) is 0.908. The quantitative estimate of drug-likeness (QED) is 0.258. The van der Waals surface area contributed by atoms with Gasteiger partial charge in [0.1, 0.15) is 18.3 Å². The number of nitrogens with zero attached hydrogens (tertiary/aromatic N) is 2. The number of carbonyl (C=O) groups is 2. The molecule has 40 heavy (non-hydrogen) atoms. The first-order chi connectivity index (χ1) is 19.1. The lowest BCUT2D eigenvalue weighted by Crippen LogP contribution is -2.51. The van der Waals surface area contributed by atoms with Gasteiger partial charge >= 0.3 is 0 Å². The Bertz CT molecular complexity index is 1400. The van der Waals surface area contributed by atoms with Crippen LogP contribution in [0.2, 0.25) is 10.0 Å². The van der Waals surface area contributed by atoms with Crippen LogP contribution >= 0.6 is 23.2 Å². The van der Waals surface area contributed by atoms with Gasteiger partial charge in [-0.3, -0.25) is 13.9 Å². The average molecular weight is 607 g/mol. The van der Waals surface area contributed by atoms with Crippen LogP contribution in [0.4, 0.5) is 5.69 Å². The van der Waals surface area contributed by atoms with Crippen LogP contribution in [0, 0.1) is 0 Å². The molecule has 1 N–H and O–H groups in total. The van der Waals surface area contributed by atoms with E-state index >= 15 is 0 Å². The zero-order chi connectivity index (χ0) is 29.3. The molecule has 0 saturated heterocycles. The van der Waals surface area contributed by atoms with Gasteiger partial charge in [-0.15, -0.1) is 0 Å². The predicted molar refractivity (Wildman–Crippen MR) is 158 cm³/mol. The van der Waals surface area contributed by atoms with Crippen molar-refractivity contribution in [3.8, 4) is 5.75 Å². The fourth-order valence-electron chi connectivity index (χ4n) is 3.93. The number of methoxy groups -OCH3 is 1. The first kappa shape index (κ1) is 31.3. The minimum Gasteiger partial charge on any atom is -0.497 e. The van der Waals surface area contributed by atoms with E-state index in [1.165, 1.54) is 35.2 Å². The molecule has 0 saturated carbocycles. The van der Waals surface area contributed by atoms with Crippen LogP contribution in [-0.4, -0.2) is 51.4 Å². The molecule has 0 aliphatic rings. The zero-order valence-corrected chi connectivity index (χ0v) is 25.0. The number of hydrogen-bond acceptors (Lipinski definition) is 5. The Kier molecular flexibility index (Phi) is 11.2. The molecule has 0 spiro atoms. The Labute approximate surface area is 245 Å². The molecule has 3 aromatic rings. The number of rotatable bonds is 13. The number of halogens is 2. The van der Waals surface area contributed by atoms with Crippen LogP contribution in [0.1, 0.15) is 32.3 Å². The highest BCUT2D eigenvalue weighted by Crippen LogP contribution is 2.31. The Morgan fingerprint density at radius 3 is 2.25 bits per heavy atom. The van der Waals surface area contributed by atoms with Crippen molar-refractivity contribution >= 4 is 50.7 Å². The van der Waals surface area contributed by atoms with Crippen LogP contribution < -0.4 is 14.4 Å². The van der Waals surface area contributed by atoms with E-state index in [1.54, 1.807) is 56.5 Å². The second-order valence-electron chi connectivity index (χ2n) is 9.11. The highest BCUT2D eigenvalue weighted by molar-refractivity contribution is 7.92. The monoisotopic (exact) mass is 605 g/mol. The lowest BCUT2D eigenvalue weighted by molar-refractivity contribution is -0.139. The fraction of sp³-hybridized carbons (Fsp3) is 0.310. The number of hydrogen-bond donors (Lipinski definition) is 1. The topological polar surface area (TPSA) is 96.0 Å². The van der Waals surface area contributed by atoms with Crippen molar-refractivity contribution < 1.29 is 22.7 Å². The number of nitrogens with one attached hydrogen (secondary N) is 1. The third-order valence-electron chi connectivity index (χ3n) is 6.31. The van der Waals surface area contributed by atoms with E-state index in [-0.39, 0.29) is 33.1 Å². The van der Waals surface area contributed by atoms with Gasteiger partial charge in [0.05, 0.1) is 27.7 Å². The number of ether oxygens (including phenoxy) is 1. The summed E-state index contributed by atoms with van der Waals surface area (Å²) >= 11 is 12.3. The van der Waals surface area contributed by atoms with Crippen molar-refractivity contribution in [1.29, 1.82) is 0 Å². The number of carbonyl (C=O) groups excluding carboxylic acids is 2. The van der Waals surface area contributed by atoms with Gasteiger partial charge < -0.3 is 15.0 Å². The van der Waals surface area contributed by atoms with Crippen LogP contribution in [0.5, 0.6) is 5.75 Å². The molecule has 3 rings (SSSR count). The Morgan fingerprint density at radius 1 is 0.975 bits per heavy atom. The lowest BCUT2D eigenvalue weighted by Gasteiger charge is -2.32. The molecule has 8 nitrogen and oxygen atoms in total. The zero-order valence-electron chi connectivity index (χ0n) is 22.6.